The van der Waals surface area contributed by atoms with E-state index in [0.29, 0.717) is 30.1 Å². The van der Waals surface area contributed by atoms with E-state index in [1.54, 1.807) is 0 Å². The Morgan fingerprint density at radius 3 is 2.74 bits per heavy atom. The molecular weight excluding hydrogens is 292 g/mol. The zero-order chi connectivity index (χ0) is 13.4. The number of aromatic nitrogens is 2. The summed E-state index contributed by atoms with van der Waals surface area (Å²) in [6.07, 6.45) is 0. The second-order valence-corrected chi connectivity index (χ2v) is 4.97. The van der Waals surface area contributed by atoms with Crippen molar-refractivity contribution in [1.29, 1.82) is 0 Å². The predicted molar refractivity (Wildman–Crippen MR) is 73.0 cm³/mol. The summed E-state index contributed by atoms with van der Waals surface area (Å²) in [4.78, 5) is 4.41. The Labute approximate surface area is 119 Å². The summed E-state index contributed by atoms with van der Waals surface area (Å²) in [5.41, 5.74) is 1.33. The number of hydrogen-bond donors (Lipinski definition) is 0. The van der Waals surface area contributed by atoms with Gasteiger partial charge in [0.25, 0.3) is 0 Å². The number of nitrogens with zero attached hydrogens (tertiary/aromatic N) is 3. The first-order valence-corrected chi connectivity index (χ1v) is 6.87. The average molecular weight is 304 g/mol. The molecule has 1 fully saturated rings. The summed E-state index contributed by atoms with van der Waals surface area (Å²) in [6, 6.07) is 2.93. The first-order valence-electron chi connectivity index (χ1n) is 5.96. The molecule has 0 bridgehead atoms. The molecule has 0 unspecified atom stereocenters. The van der Waals surface area contributed by atoms with Gasteiger partial charge in [0.2, 0.25) is 0 Å². The number of imidazole rings is 1. The Morgan fingerprint density at radius 1 is 1.32 bits per heavy atom. The normalized spacial score (nSPS) is 16.3. The number of alkyl halides is 1. The number of fused-ring (bicyclic) bond motifs is 1. The summed E-state index contributed by atoms with van der Waals surface area (Å²) in [5, 5.41) is 2.13. The number of benzene rings is 1. The molecule has 0 N–H and O–H groups in total. The Bertz CT molecular complexity index is 611. The van der Waals surface area contributed by atoms with Gasteiger partial charge in [0.05, 0.1) is 48.2 Å². The second-order valence-electron chi connectivity index (χ2n) is 4.29. The van der Waals surface area contributed by atoms with Gasteiger partial charge in [-0.05, 0) is 6.07 Å². The topological polar surface area (TPSA) is 30.3 Å². The minimum Gasteiger partial charge on any atom is -0.378 e. The van der Waals surface area contributed by atoms with Gasteiger partial charge < -0.3 is 9.75 Å². The van der Waals surface area contributed by atoms with Crippen LogP contribution in [-0.2, 0) is 10.6 Å². The monoisotopic (exact) mass is 303 g/mol. The molecule has 1 aromatic carbocycles. The maximum absolute atomic E-state index is 13.7. The molecular formula is C12H12Cl2FN3O. The van der Waals surface area contributed by atoms with Crippen molar-refractivity contribution in [1.82, 2.24) is 9.66 Å². The first kappa shape index (κ1) is 13.0. The van der Waals surface area contributed by atoms with Crippen LogP contribution in [-0.4, -0.2) is 36.0 Å². The molecule has 1 saturated heterocycles. The molecule has 2 heterocycles. The summed E-state index contributed by atoms with van der Waals surface area (Å²) in [5.74, 6) is 0.482. The third kappa shape index (κ3) is 2.26. The van der Waals surface area contributed by atoms with Gasteiger partial charge in [0.15, 0.2) is 0 Å². The van der Waals surface area contributed by atoms with Gasteiger partial charge in [-0.1, -0.05) is 11.6 Å². The highest BCUT2D eigenvalue weighted by molar-refractivity contribution is 6.31. The average Bonchev–Trinajstić information content (AvgIpc) is 2.78. The highest BCUT2D eigenvalue weighted by Gasteiger charge is 2.19. The minimum atomic E-state index is -0.454. The van der Waals surface area contributed by atoms with E-state index in [-0.39, 0.29) is 10.9 Å². The number of morpholine rings is 1. The number of ether oxygens (including phenoxy) is 1. The summed E-state index contributed by atoms with van der Waals surface area (Å²) in [6.45, 7) is 2.72. The summed E-state index contributed by atoms with van der Waals surface area (Å²) in [7, 11) is 0. The van der Waals surface area contributed by atoms with E-state index >= 15 is 0 Å². The zero-order valence-electron chi connectivity index (χ0n) is 10.1. The molecule has 0 spiro atoms. The molecule has 0 atom stereocenters. The molecule has 0 radical (unpaired) electrons. The molecule has 7 heteroatoms. The van der Waals surface area contributed by atoms with Crippen molar-refractivity contribution in [2.24, 2.45) is 0 Å². The molecule has 0 saturated carbocycles. The largest absolute Gasteiger partial charge is 0.378 e. The molecule has 3 rings (SSSR count). The Balaban J connectivity index is 2.16. The zero-order valence-corrected chi connectivity index (χ0v) is 11.6. The van der Waals surface area contributed by atoms with Crippen LogP contribution in [0.2, 0.25) is 5.02 Å². The van der Waals surface area contributed by atoms with Gasteiger partial charge in [-0.25, -0.2) is 14.1 Å². The van der Waals surface area contributed by atoms with Crippen molar-refractivity contribution in [2.45, 2.75) is 5.88 Å². The van der Waals surface area contributed by atoms with Gasteiger partial charge in [0.1, 0.15) is 11.6 Å². The lowest BCUT2D eigenvalue weighted by Gasteiger charge is -2.31. The molecule has 1 aliphatic rings. The molecule has 0 aliphatic carbocycles. The van der Waals surface area contributed by atoms with Crippen LogP contribution in [0.1, 0.15) is 5.82 Å². The fourth-order valence-electron chi connectivity index (χ4n) is 2.27. The van der Waals surface area contributed by atoms with E-state index in [1.807, 2.05) is 4.68 Å². The van der Waals surface area contributed by atoms with E-state index in [4.69, 9.17) is 27.9 Å². The highest BCUT2D eigenvalue weighted by Crippen LogP contribution is 2.25. The van der Waals surface area contributed by atoms with Crippen molar-refractivity contribution in [2.75, 3.05) is 31.3 Å². The number of halogens is 3. The van der Waals surface area contributed by atoms with Gasteiger partial charge >= 0.3 is 0 Å². The van der Waals surface area contributed by atoms with Crippen LogP contribution in [0.3, 0.4) is 0 Å². The molecule has 1 aliphatic heterocycles. The lowest BCUT2D eigenvalue weighted by atomic mass is 10.3. The quantitative estimate of drug-likeness (QED) is 0.799. The molecule has 102 valence electrons. The van der Waals surface area contributed by atoms with Crippen LogP contribution in [0.4, 0.5) is 4.39 Å². The molecule has 19 heavy (non-hydrogen) atoms. The minimum absolute atomic E-state index is 0.0697. The van der Waals surface area contributed by atoms with Crippen molar-refractivity contribution >= 4 is 34.2 Å². The SMILES string of the molecule is Fc1cc2c(cc1Cl)nc(CCl)n2N1CCOCC1. The Kier molecular flexibility index (Phi) is 3.52. The Hall–Kier alpha value is -1.04. The fourth-order valence-corrected chi connectivity index (χ4v) is 2.60. The van der Waals surface area contributed by atoms with E-state index in [9.17, 15) is 4.39 Å². The first-order chi connectivity index (χ1) is 9.20. The van der Waals surface area contributed by atoms with E-state index < -0.39 is 5.82 Å². The number of rotatable bonds is 2. The maximum atomic E-state index is 13.7. The van der Waals surface area contributed by atoms with E-state index in [2.05, 4.69) is 9.99 Å². The van der Waals surface area contributed by atoms with Crippen LogP contribution in [0.15, 0.2) is 12.1 Å². The van der Waals surface area contributed by atoms with Crippen LogP contribution in [0, 0.1) is 5.82 Å². The van der Waals surface area contributed by atoms with Gasteiger partial charge in [-0.15, -0.1) is 11.6 Å². The van der Waals surface area contributed by atoms with Gasteiger partial charge in [-0.2, -0.15) is 0 Å². The summed E-state index contributed by atoms with van der Waals surface area (Å²) >= 11 is 11.7. The predicted octanol–water partition coefficient (Wildman–Crippen LogP) is 2.54. The lowest BCUT2D eigenvalue weighted by Crippen LogP contribution is -2.44. The van der Waals surface area contributed by atoms with Crippen molar-refractivity contribution < 1.29 is 9.13 Å². The molecule has 2 aromatic rings. The second kappa shape index (κ2) is 5.15. The van der Waals surface area contributed by atoms with Crippen LogP contribution in [0.5, 0.6) is 0 Å². The summed E-state index contributed by atoms with van der Waals surface area (Å²) < 4.78 is 20.8. The van der Waals surface area contributed by atoms with Crippen LogP contribution in [0.25, 0.3) is 11.0 Å². The lowest BCUT2D eigenvalue weighted by molar-refractivity contribution is 0.111. The van der Waals surface area contributed by atoms with Gasteiger partial charge in [-0.3, -0.25) is 0 Å². The van der Waals surface area contributed by atoms with E-state index in [0.717, 1.165) is 13.1 Å². The maximum Gasteiger partial charge on any atom is 0.144 e. The molecule has 1 aromatic heterocycles. The van der Waals surface area contributed by atoms with Crippen molar-refractivity contribution in [3.8, 4) is 0 Å². The smallest absolute Gasteiger partial charge is 0.144 e. The van der Waals surface area contributed by atoms with Crippen molar-refractivity contribution in [3.05, 3.63) is 28.8 Å². The highest BCUT2D eigenvalue weighted by atomic mass is 35.5. The third-order valence-electron chi connectivity index (χ3n) is 3.13. The van der Waals surface area contributed by atoms with Crippen LogP contribution >= 0.6 is 23.2 Å². The van der Waals surface area contributed by atoms with E-state index in [1.165, 1.54) is 12.1 Å². The molecule has 0 amide bonds. The van der Waals surface area contributed by atoms with Crippen LogP contribution < -0.4 is 5.01 Å². The van der Waals surface area contributed by atoms with Crippen molar-refractivity contribution in [3.63, 3.8) is 0 Å². The number of hydrogen-bond acceptors (Lipinski definition) is 3. The fraction of sp³-hybridized carbons (Fsp3) is 0.417. The third-order valence-corrected chi connectivity index (χ3v) is 3.66. The Morgan fingerprint density at radius 2 is 2.05 bits per heavy atom. The molecule has 4 nitrogen and oxygen atoms in total. The van der Waals surface area contributed by atoms with Gasteiger partial charge in [0, 0.05) is 6.07 Å². The standard InChI is InChI=1S/C12H12Cl2FN3O/c13-7-12-16-10-5-8(14)9(15)6-11(10)18(12)17-1-3-19-4-2-17/h5-6H,1-4,7H2.